The van der Waals surface area contributed by atoms with Crippen molar-refractivity contribution in [1.82, 2.24) is 9.97 Å². The smallest absolute Gasteiger partial charge is 0.229 e. The van der Waals surface area contributed by atoms with Crippen molar-refractivity contribution >= 4 is 35.3 Å². The molecule has 0 aromatic carbocycles. The molecule has 3 heterocycles. The number of aromatic nitrogens is 2. The molecule has 1 atom stereocenters. The lowest BCUT2D eigenvalue weighted by Crippen LogP contribution is -2.26. The van der Waals surface area contributed by atoms with Gasteiger partial charge in [-0.3, -0.25) is 14.7 Å². The van der Waals surface area contributed by atoms with Gasteiger partial charge in [-0.05, 0) is 12.1 Å². The van der Waals surface area contributed by atoms with Gasteiger partial charge in [-0.1, -0.05) is 6.07 Å². The highest BCUT2D eigenvalue weighted by molar-refractivity contribution is 7.81. The molecule has 0 saturated carbocycles. The van der Waals surface area contributed by atoms with Crippen molar-refractivity contribution in [2.45, 2.75) is 11.7 Å². The SMILES string of the molecule is O=C1CC(S)CN1c1nccc2cccnc12. The molecular weight excluding hydrogens is 234 g/mol. The maximum atomic E-state index is 11.8. The van der Waals surface area contributed by atoms with Crippen molar-refractivity contribution in [2.75, 3.05) is 11.4 Å². The number of hydrogen-bond acceptors (Lipinski definition) is 4. The normalized spacial score (nSPS) is 20.2. The van der Waals surface area contributed by atoms with Crippen LogP contribution in [0.4, 0.5) is 5.82 Å². The van der Waals surface area contributed by atoms with Gasteiger partial charge in [0, 0.05) is 36.0 Å². The summed E-state index contributed by atoms with van der Waals surface area (Å²) < 4.78 is 0. The number of hydrogen-bond donors (Lipinski definition) is 1. The lowest BCUT2D eigenvalue weighted by Gasteiger charge is -2.15. The number of thiol groups is 1. The molecular formula is C12H11N3OS. The van der Waals surface area contributed by atoms with Crippen LogP contribution in [0.2, 0.25) is 0 Å². The van der Waals surface area contributed by atoms with Crippen LogP contribution in [-0.4, -0.2) is 27.7 Å². The molecule has 1 unspecified atom stereocenters. The topological polar surface area (TPSA) is 46.1 Å². The summed E-state index contributed by atoms with van der Waals surface area (Å²) in [6, 6.07) is 5.73. The molecule has 0 radical (unpaired) electrons. The van der Waals surface area contributed by atoms with E-state index >= 15 is 0 Å². The van der Waals surface area contributed by atoms with Gasteiger partial charge >= 0.3 is 0 Å². The zero-order valence-electron chi connectivity index (χ0n) is 9.08. The Kier molecular flexibility index (Phi) is 2.48. The van der Waals surface area contributed by atoms with E-state index in [2.05, 4.69) is 22.6 Å². The van der Waals surface area contributed by atoms with E-state index in [0.29, 0.717) is 18.8 Å². The minimum Gasteiger partial charge on any atom is -0.294 e. The molecule has 0 aliphatic carbocycles. The van der Waals surface area contributed by atoms with Crippen LogP contribution in [0, 0.1) is 0 Å². The fraction of sp³-hybridized carbons (Fsp3) is 0.250. The molecule has 4 nitrogen and oxygen atoms in total. The van der Waals surface area contributed by atoms with Crippen LogP contribution >= 0.6 is 12.6 Å². The zero-order chi connectivity index (χ0) is 11.8. The van der Waals surface area contributed by atoms with Crippen molar-refractivity contribution in [3.8, 4) is 0 Å². The summed E-state index contributed by atoms with van der Waals surface area (Å²) in [5.74, 6) is 0.709. The maximum Gasteiger partial charge on any atom is 0.229 e. The first-order chi connectivity index (χ1) is 8.25. The third-order valence-electron chi connectivity index (χ3n) is 2.86. The van der Waals surface area contributed by atoms with E-state index in [9.17, 15) is 4.79 Å². The van der Waals surface area contributed by atoms with Gasteiger partial charge in [-0.25, -0.2) is 4.98 Å². The third-order valence-corrected chi connectivity index (χ3v) is 3.21. The minimum absolute atomic E-state index is 0.0654. The average Bonchev–Trinajstić information content (AvgIpc) is 2.68. The number of carbonyl (C=O) groups is 1. The van der Waals surface area contributed by atoms with Gasteiger partial charge < -0.3 is 0 Å². The largest absolute Gasteiger partial charge is 0.294 e. The Morgan fingerprint density at radius 2 is 2.18 bits per heavy atom. The number of fused-ring (bicyclic) bond motifs is 1. The fourth-order valence-corrected chi connectivity index (χ4v) is 2.40. The van der Waals surface area contributed by atoms with Crippen LogP contribution in [0.25, 0.3) is 10.9 Å². The second kappa shape index (κ2) is 4.00. The third kappa shape index (κ3) is 1.76. The summed E-state index contributed by atoms with van der Waals surface area (Å²) in [6.45, 7) is 0.602. The van der Waals surface area contributed by atoms with Crippen LogP contribution in [0.3, 0.4) is 0 Å². The molecule has 0 N–H and O–H groups in total. The lowest BCUT2D eigenvalue weighted by molar-refractivity contribution is -0.117. The van der Waals surface area contributed by atoms with Gasteiger partial charge in [-0.2, -0.15) is 12.6 Å². The molecule has 17 heavy (non-hydrogen) atoms. The first-order valence-corrected chi connectivity index (χ1v) is 5.95. The Morgan fingerprint density at radius 3 is 2.94 bits per heavy atom. The first-order valence-electron chi connectivity index (χ1n) is 5.44. The second-order valence-electron chi connectivity index (χ2n) is 4.07. The predicted octanol–water partition coefficient (Wildman–Crippen LogP) is 1.66. The number of carbonyl (C=O) groups excluding carboxylic acids is 1. The highest BCUT2D eigenvalue weighted by Crippen LogP contribution is 2.27. The van der Waals surface area contributed by atoms with Crippen LogP contribution in [-0.2, 0) is 4.79 Å². The van der Waals surface area contributed by atoms with E-state index in [4.69, 9.17) is 0 Å². The molecule has 1 amide bonds. The Bertz CT molecular complexity index is 581. The predicted molar refractivity (Wildman–Crippen MR) is 69.3 cm³/mol. The molecule has 1 aliphatic rings. The molecule has 0 bridgehead atoms. The van der Waals surface area contributed by atoms with Gasteiger partial charge in [0.25, 0.3) is 0 Å². The number of pyridine rings is 2. The van der Waals surface area contributed by atoms with E-state index in [1.165, 1.54) is 0 Å². The molecule has 86 valence electrons. The molecule has 1 aliphatic heterocycles. The average molecular weight is 245 g/mol. The minimum atomic E-state index is 0.0654. The van der Waals surface area contributed by atoms with Crippen molar-refractivity contribution in [3.05, 3.63) is 30.6 Å². The Balaban J connectivity index is 2.14. The maximum absolute atomic E-state index is 11.8. The molecule has 3 rings (SSSR count). The van der Waals surface area contributed by atoms with Gasteiger partial charge in [0.05, 0.1) is 0 Å². The molecule has 5 heteroatoms. The summed E-state index contributed by atoms with van der Waals surface area (Å²) in [7, 11) is 0. The lowest BCUT2D eigenvalue weighted by atomic mass is 10.2. The van der Waals surface area contributed by atoms with E-state index in [1.807, 2.05) is 18.2 Å². The standard InChI is InChI=1S/C12H11N3OS/c16-10-6-9(17)7-15(10)12-11-8(3-5-14-12)2-1-4-13-11/h1-5,9,17H,6-7H2. The zero-order valence-corrected chi connectivity index (χ0v) is 9.97. The van der Waals surface area contributed by atoms with Crippen molar-refractivity contribution in [1.29, 1.82) is 0 Å². The number of amides is 1. The Hall–Kier alpha value is -1.62. The molecule has 1 fully saturated rings. The molecule has 2 aromatic heterocycles. The van der Waals surface area contributed by atoms with Gasteiger partial charge in [-0.15, -0.1) is 0 Å². The molecule has 0 spiro atoms. The number of rotatable bonds is 1. The first kappa shape index (κ1) is 10.5. The molecule has 2 aromatic rings. The summed E-state index contributed by atoms with van der Waals surface area (Å²) in [4.78, 5) is 22.1. The van der Waals surface area contributed by atoms with E-state index in [-0.39, 0.29) is 11.2 Å². The van der Waals surface area contributed by atoms with E-state index in [0.717, 1.165) is 10.9 Å². The van der Waals surface area contributed by atoms with Crippen LogP contribution in [0.1, 0.15) is 6.42 Å². The summed E-state index contributed by atoms with van der Waals surface area (Å²) in [5, 5.41) is 1.08. The monoisotopic (exact) mass is 245 g/mol. The quantitative estimate of drug-likeness (QED) is 0.777. The van der Waals surface area contributed by atoms with E-state index in [1.54, 1.807) is 17.3 Å². The fourth-order valence-electron chi connectivity index (χ4n) is 2.08. The molecule has 1 saturated heterocycles. The number of anilines is 1. The van der Waals surface area contributed by atoms with Gasteiger partial charge in [0.1, 0.15) is 5.52 Å². The van der Waals surface area contributed by atoms with Gasteiger partial charge in [0.2, 0.25) is 5.91 Å². The van der Waals surface area contributed by atoms with Crippen molar-refractivity contribution in [2.24, 2.45) is 0 Å². The highest BCUT2D eigenvalue weighted by atomic mass is 32.1. The Morgan fingerprint density at radius 1 is 1.29 bits per heavy atom. The summed E-state index contributed by atoms with van der Waals surface area (Å²) in [6.07, 6.45) is 3.89. The number of nitrogens with zero attached hydrogens (tertiary/aromatic N) is 3. The summed E-state index contributed by atoms with van der Waals surface area (Å²) in [5.41, 5.74) is 0.769. The Labute approximate surface area is 104 Å². The van der Waals surface area contributed by atoms with Crippen molar-refractivity contribution < 1.29 is 4.79 Å². The second-order valence-corrected chi connectivity index (χ2v) is 4.80. The summed E-state index contributed by atoms with van der Waals surface area (Å²) >= 11 is 4.34. The van der Waals surface area contributed by atoms with Gasteiger partial charge in [0.15, 0.2) is 5.82 Å². The van der Waals surface area contributed by atoms with Crippen LogP contribution in [0.5, 0.6) is 0 Å². The van der Waals surface area contributed by atoms with Crippen LogP contribution < -0.4 is 4.90 Å². The van der Waals surface area contributed by atoms with Crippen molar-refractivity contribution in [3.63, 3.8) is 0 Å². The highest BCUT2D eigenvalue weighted by Gasteiger charge is 2.30. The van der Waals surface area contributed by atoms with Crippen LogP contribution in [0.15, 0.2) is 30.6 Å². The van der Waals surface area contributed by atoms with E-state index < -0.39 is 0 Å².